The van der Waals surface area contributed by atoms with E-state index in [1.165, 1.54) is 0 Å². The van der Waals surface area contributed by atoms with E-state index in [1.54, 1.807) is 21.3 Å². The maximum Gasteiger partial charge on any atom is 0.298 e. The van der Waals surface area contributed by atoms with Crippen LogP contribution in [0.2, 0.25) is 0 Å². The number of anilines is 1. The zero-order chi connectivity index (χ0) is 18.1. The number of oxazole rings is 1. The molecule has 0 aliphatic carbocycles. The highest BCUT2D eigenvalue weighted by Gasteiger charge is 2.31. The first-order chi connectivity index (χ1) is 12.7. The number of hydrogen-bond donors (Lipinski definition) is 0. The smallest absolute Gasteiger partial charge is 0.298 e. The number of fused-ring (bicyclic) bond motifs is 1. The van der Waals surface area contributed by atoms with Crippen molar-refractivity contribution in [3.63, 3.8) is 0 Å². The number of methoxy groups -OCH3 is 3. The van der Waals surface area contributed by atoms with Crippen LogP contribution in [0.4, 0.5) is 6.01 Å². The molecule has 3 aromatic rings. The van der Waals surface area contributed by atoms with E-state index >= 15 is 0 Å². The van der Waals surface area contributed by atoms with Gasteiger partial charge in [-0.05, 0) is 37.1 Å². The Kier molecular flexibility index (Phi) is 4.32. The third-order valence-electron chi connectivity index (χ3n) is 4.88. The lowest BCUT2D eigenvalue weighted by Crippen LogP contribution is -2.23. The normalized spacial score (nSPS) is 16.9. The minimum Gasteiger partial charge on any atom is -0.497 e. The molecule has 1 aliphatic rings. The number of nitrogens with zero attached hydrogens (tertiary/aromatic N) is 2. The first-order valence-electron chi connectivity index (χ1n) is 8.66. The molecule has 2 heterocycles. The van der Waals surface area contributed by atoms with E-state index in [1.807, 2.05) is 30.3 Å². The largest absolute Gasteiger partial charge is 0.497 e. The zero-order valence-electron chi connectivity index (χ0n) is 15.2. The maximum absolute atomic E-state index is 6.02. The fraction of sp³-hybridized carbons (Fsp3) is 0.350. The fourth-order valence-electron chi connectivity index (χ4n) is 3.56. The number of hydrogen-bond acceptors (Lipinski definition) is 6. The van der Waals surface area contributed by atoms with Crippen LogP contribution in [0.25, 0.3) is 11.1 Å². The van der Waals surface area contributed by atoms with E-state index < -0.39 is 0 Å². The molecule has 1 saturated heterocycles. The molecule has 6 heteroatoms. The number of benzene rings is 2. The van der Waals surface area contributed by atoms with Crippen LogP contribution in [-0.4, -0.2) is 32.9 Å². The molecule has 1 unspecified atom stereocenters. The van der Waals surface area contributed by atoms with Crippen molar-refractivity contribution in [3.05, 3.63) is 42.0 Å². The molecule has 0 saturated carbocycles. The van der Waals surface area contributed by atoms with E-state index in [2.05, 4.69) is 16.0 Å². The Labute approximate surface area is 152 Å². The molecular formula is C20H22N2O4. The molecule has 4 rings (SSSR count). The second-order valence-electron chi connectivity index (χ2n) is 6.29. The Morgan fingerprint density at radius 3 is 2.54 bits per heavy atom. The quantitative estimate of drug-likeness (QED) is 0.685. The highest BCUT2D eigenvalue weighted by molar-refractivity contribution is 5.76. The zero-order valence-corrected chi connectivity index (χ0v) is 15.2. The van der Waals surface area contributed by atoms with Gasteiger partial charge in [0.1, 0.15) is 22.8 Å². The van der Waals surface area contributed by atoms with Crippen molar-refractivity contribution in [2.75, 3.05) is 32.8 Å². The third-order valence-corrected chi connectivity index (χ3v) is 4.88. The van der Waals surface area contributed by atoms with Crippen molar-refractivity contribution in [1.82, 2.24) is 4.98 Å². The molecule has 136 valence electrons. The molecule has 2 aromatic carbocycles. The predicted molar refractivity (Wildman–Crippen MR) is 99.4 cm³/mol. The van der Waals surface area contributed by atoms with E-state index in [0.29, 0.717) is 6.01 Å². The Morgan fingerprint density at radius 1 is 1.00 bits per heavy atom. The lowest BCUT2D eigenvalue weighted by atomic mass is 10.0. The van der Waals surface area contributed by atoms with Crippen LogP contribution in [0.1, 0.15) is 24.4 Å². The first-order valence-corrected chi connectivity index (χ1v) is 8.66. The van der Waals surface area contributed by atoms with E-state index in [9.17, 15) is 0 Å². The molecule has 26 heavy (non-hydrogen) atoms. The van der Waals surface area contributed by atoms with Gasteiger partial charge >= 0.3 is 0 Å². The molecule has 0 N–H and O–H groups in total. The molecule has 0 spiro atoms. The summed E-state index contributed by atoms with van der Waals surface area (Å²) in [7, 11) is 4.99. The molecular weight excluding hydrogens is 332 g/mol. The van der Waals surface area contributed by atoms with Gasteiger partial charge in [0.25, 0.3) is 6.01 Å². The Bertz CT molecular complexity index is 921. The predicted octanol–water partition coefficient (Wildman–Crippen LogP) is 4.20. The second-order valence-corrected chi connectivity index (χ2v) is 6.29. The molecule has 1 atom stereocenters. The maximum atomic E-state index is 6.02. The molecule has 6 nitrogen and oxygen atoms in total. The molecule has 1 aliphatic heterocycles. The third kappa shape index (κ3) is 2.81. The average molecular weight is 354 g/mol. The Morgan fingerprint density at radius 2 is 1.77 bits per heavy atom. The summed E-state index contributed by atoms with van der Waals surface area (Å²) in [5.41, 5.74) is 2.67. The summed E-state index contributed by atoms with van der Waals surface area (Å²) in [5, 5.41) is 0. The summed E-state index contributed by atoms with van der Waals surface area (Å²) in [6, 6.07) is 12.4. The highest BCUT2D eigenvalue weighted by Crippen LogP contribution is 2.41. The van der Waals surface area contributed by atoms with E-state index in [0.717, 1.165) is 53.3 Å². The van der Waals surface area contributed by atoms with Gasteiger partial charge in [-0.25, -0.2) is 0 Å². The van der Waals surface area contributed by atoms with Crippen LogP contribution in [0, 0.1) is 0 Å². The first kappa shape index (κ1) is 16.6. The SMILES string of the molecule is COc1ccc(C2CCCN2c2nc3cc(OC)ccc3o2)c(OC)c1. The monoisotopic (exact) mass is 354 g/mol. The summed E-state index contributed by atoms with van der Waals surface area (Å²) in [4.78, 5) is 6.89. The summed E-state index contributed by atoms with van der Waals surface area (Å²) in [6.07, 6.45) is 2.09. The summed E-state index contributed by atoms with van der Waals surface area (Å²) in [5.74, 6) is 2.37. The summed E-state index contributed by atoms with van der Waals surface area (Å²) in [6.45, 7) is 0.893. The highest BCUT2D eigenvalue weighted by atomic mass is 16.5. The van der Waals surface area contributed by atoms with Crippen molar-refractivity contribution >= 4 is 17.1 Å². The number of ether oxygens (including phenoxy) is 3. The summed E-state index contributed by atoms with van der Waals surface area (Å²) < 4.78 is 22.2. The van der Waals surface area contributed by atoms with Gasteiger partial charge in [-0.1, -0.05) is 0 Å². The van der Waals surface area contributed by atoms with Gasteiger partial charge in [0, 0.05) is 24.2 Å². The fourth-order valence-corrected chi connectivity index (χ4v) is 3.56. The number of aromatic nitrogens is 1. The van der Waals surface area contributed by atoms with Crippen LogP contribution < -0.4 is 19.1 Å². The van der Waals surface area contributed by atoms with Crippen molar-refractivity contribution in [3.8, 4) is 17.2 Å². The van der Waals surface area contributed by atoms with Gasteiger partial charge < -0.3 is 23.5 Å². The van der Waals surface area contributed by atoms with Gasteiger partial charge in [-0.15, -0.1) is 0 Å². The van der Waals surface area contributed by atoms with Gasteiger partial charge in [0.15, 0.2) is 5.58 Å². The van der Waals surface area contributed by atoms with Crippen LogP contribution in [-0.2, 0) is 0 Å². The molecule has 0 bridgehead atoms. The van der Waals surface area contributed by atoms with E-state index in [4.69, 9.17) is 18.6 Å². The van der Waals surface area contributed by atoms with Crippen LogP contribution >= 0.6 is 0 Å². The lowest BCUT2D eigenvalue weighted by Gasteiger charge is -2.25. The van der Waals surface area contributed by atoms with Crippen LogP contribution in [0.5, 0.6) is 17.2 Å². The van der Waals surface area contributed by atoms with Crippen molar-refractivity contribution in [1.29, 1.82) is 0 Å². The Balaban J connectivity index is 1.71. The van der Waals surface area contributed by atoms with Gasteiger partial charge in [-0.2, -0.15) is 4.98 Å². The average Bonchev–Trinajstić information content (AvgIpc) is 3.33. The van der Waals surface area contributed by atoms with Crippen molar-refractivity contribution in [2.24, 2.45) is 0 Å². The minimum atomic E-state index is 0.158. The molecule has 0 radical (unpaired) electrons. The van der Waals surface area contributed by atoms with E-state index in [-0.39, 0.29) is 6.04 Å². The molecule has 1 aromatic heterocycles. The van der Waals surface area contributed by atoms with Crippen molar-refractivity contribution in [2.45, 2.75) is 18.9 Å². The summed E-state index contributed by atoms with van der Waals surface area (Å²) >= 11 is 0. The van der Waals surface area contributed by atoms with Gasteiger partial charge in [-0.3, -0.25) is 0 Å². The number of rotatable bonds is 5. The van der Waals surface area contributed by atoms with Gasteiger partial charge in [0.2, 0.25) is 0 Å². The lowest BCUT2D eigenvalue weighted by molar-refractivity contribution is 0.387. The van der Waals surface area contributed by atoms with Crippen molar-refractivity contribution < 1.29 is 18.6 Å². The second kappa shape index (κ2) is 6.78. The Hall–Kier alpha value is -2.89. The molecule has 0 amide bonds. The molecule has 1 fully saturated rings. The van der Waals surface area contributed by atoms with Crippen LogP contribution in [0.3, 0.4) is 0 Å². The minimum absolute atomic E-state index is 0.158. The topological polar surface area (TPSA) is 57.0 Å². The van der Waals surface area contributed by atoms with Gasteiger partial charge in [0.05, 0.1) is 27.4 Å². The standard InChI is InChI=1S/C20H22N2O4/c1-23-13-7-9-18-16(11-13)21-20(26-18)22-10-4-5-17(22)15-8-6-14(24-2)12-19(15)25-3/h6-9,11-12,17H,4-5,10H2,1-3H3. The van der Waals surface area contributed by atoms with Crippen LogP contribution in [0.15, 0.2) is 40.8 Å².